The number of benzene rings is 2. The normalized spacial score (nSPS) is 12.6. The molecular weight excluding hydrogens is 392 g/mol. The van der Waals surface area contributed by atoms with Crippen LogP contribution in [0.15, 0.2) is 36.4 Å². The number of rotatable bonds is 10. The summed E-state index contributed by atoms with van der Waals surface area (Å²) < 4.78 is 11.6. The van der Waals surface area contributed by atoms with E-state index in [2.05, 4.69) is 10.6 Å². The highest BCUT2D eigenvalue weighted by Gasteiger charge is 2.17. The Morgan fingerprint density at radius 2 is 1.13 bits per heavy atom. The molecular formula is C25H34N2O4. The van der Waals surface area contributed by atoms with Crippen molar-refractivity contribution in [1.82, 2.24) is 10.6 Å². The third-order valence-electron chi connectivity index (χ3n) is 4.99. The molecule has 0 aliphatic rings. The van der Waals surface area contributed by atoms with Gasteiger partial charge in [0.2, 0.25) is 0 Å². The zero-order valence-electron chi connectivity index (χ0n) is 19.4. The predicted octanol–water partition coefficient (Wildman–Crippen LogP) is 3.78. The maximum Gasteiger partial charge on any atom is 0.260 e. The van der Waals surface area contributed by atoms with Crippen molar-refractivity contribution in [3.05, 3.63) is 58.7 Å². The number of carbonyl (C=O) groups is 2. The van der Waals surface area contributed by atoms with Crippen molar-refractivity contribution in [2.45, 2.75) is 60.2 Å². The van der Waals surface area contributed by atoms with Crippen LogP contribution in [0.4, 0.5) is 0 Å². The summed E-state index contributed by atoms with van der Waals surface area (Å²) in [6.45, 7) is 12.2. The smallest absolute Gasteiger partial charge is 0.260 e. The first kappa shape index (κ1) is 24.3. The van der Waals surface area contributed by atoms with Crippen LogP contribution in [0.1, 0.15) is 42.5 Å². The average molecular weight is 427 g/mol. The molecule has 168 valence electrons. The van der Waals surface area contributed by atoms with Crippen LogP contribution < -0.4 is 20.1 Å². The van der Waals surface area contributed by atoms with Gasteiger partial charge in [0.1, 0.15) is 11.5 Å². The molecule has 2 rings (SSSR count). The van der Waals surface area contributed by atoms with Crippen LogP contribution in [0, 0.1) is 27.7 Å². The lowest BCUT2D eigenvalue weighted by molar-refractivity contribution is -0.127. The molecule has 2 unspecified atom stereocenters. The van der Waals surface area contributed by atoms with Gasteiger partial charge in [-0.05, 0) is 82.3 Å². The molecule has 0 aromatic heterocycles. The number of aryl methyl sites for hydroxylation is 4. The highest BCUT2D eigenvalue weighted by molar-refractivity contribution is 5.81. The Hall–Kier alpha value is -3.02. The van der Waals surface area contributed by atoms with E-state index in [4.69, 9.17) is 9.47 Å². The summed E-state index contributed by atoms with van der Waals surface area (Å²) in [4.78, 5) is 24.5. The molecule has 0 heterocycles. The Kier molecular flexibility index (Phi) is 8.91. The van der Waals surface area contributed by atoms with Crippen molar-refractivity contribution in [3.8, 4) is 11.5 Å². The number of ether oxygens (including phenoxy) is 2. The summed E-state index contributed by atoms with van der Waals surface area (Å²) in [7, 11) is 0. The van der Waals surface area contributed by atoms with Gasteiger partial charge in [0.25, 0.3) is 11.8 Å². The Morgan fingerprint density at radius 3 is 1.52 bits per heavy atom. The van der Waals surface area contributed by atoms with E-state index in [1.165, 1.54) is 0 Å². The van der Waals surface area contributed by atoms with Gasteiger partial charge in [-0.15, -0.1) is 0 Å². The van der Waals surface area contributed by atoms with E-state index in [0.29, 0.717) is 31.0 Å². The first-order valence-electron chi connectivity index (χ1n) is 10.7. The summed E-state index contributed by atoms with van der Waals surface area (Å²) in [6, 6.07) is 11.8. The summed E-state index contributed by atoms with van der Waals surface area (Å²) in [5.41, 5.74) is 4.15. The van der Waals surface area contributed by atoms with Crippen molar-refractivity contribution >= 4 is 11.8 Å². The van der Waals surface area contributed by atoms with Crippen LogP contribution in [-0.4, -0.2) is 37.1 Å². The third-order valence-corrected chi connectivity index (χ3v) is 4.99. The summed E-state index contributed by atoms with van der Waals surface area (Å²) in [5.74, 6) is 1.07. The molecule has 31 heavy (non-hydrogen) atoms. The number of hydrogen-bond acceptors (Lipinski definition) is 4. The molecule has 2 atom stereocenters. The SMILES string of the molecule is Cc1ccc(C)c(OC(C)C(=O)NCCCNC(=O)C(C)Oc2cc(C)ccc2C)c1. The van der Waals surface area contributed by atoms with E-state index in [-0.39, 0.29) is 11.8 Å². The molecule has 2 amide bonds. The van der Waals surface area contributed by atoms with Crippen molar-refractivity contribution in [2.24, 2.45) is 0 Å². The second-order valence-electron chi connectivity index (χ2n) is 7.99. The van der Waals surface area contributed by atoms with Crippen LogP contribution in [0.3, 0.4) is 0 Å². The van der Waals surface area contributed by atoms with Crippen molar-refractivity contribution in [1.29, 1.82) is 0 Å². The van der Waals surface area contributed by atoms with Gasteiger partial charge in [0, 0.05) is 13.1 Å². The molecule has 0 saturated carbocycles. The molecule has 6 nitrogen and oxygen atoms in total. The maximum atomic E-state index is 12.3. The number of nitrogens with one attached hydrogen (secondary N) is 2. The van der Waals surface area contributed by atoms with Crippen LogP contribution in [0.5, 0.6) is 11.5 Å². The lowest BCUT2D eigenvalue weighted by Gasteiger charge is -2.18. The number of hydrogen-bond donors (Lipinski definition) is 2. The van der Waals surface area contributed by atoms with Gasteiger partial charge in [-0.25, -0.2) is 0 Å². The van der Waals surface area contributed by atoms with Crippen LogP contribution >= 0.6 is 0 Å². The van der Waals surface area contributed by atoms with E-state index >= 15 is 0 Å². The third kappa shape index (κ3) is 7.63. The van der Waals surface area contributed by atoms with Crippen molar-refractivity contribution in [2.75, 3.05) is 13.1 Å². The van der Waals surface area contributed by atoms with Gasteiger partial charge in [0.15, 0.2) is 12.2 Å². The van der Waals surface area contributed by atoms with Crippen molar-refractivity contribution < 1.29 is 19.1 Å². The standard InChI is InChI=1S/C25H34N2O4/c1-16-8-10-18(3)22(14-16)30-20(5)24(28)26-12-7-13-27-25(29)21(6)31-23-15-17(2)9-11-19(23)4/h8-11,14-15,20-21H,7,12-13H2,1-6H3,(H,26,28)(H,27,29). The van der Waals surface area contributed by atoms with Gasteiger partial charge in [-0.3, -0.25) is 9.59 Å². The number of carbonyl (C=O) groups excluding carboxylic acids is 2. The zero-order valence-corrected chi connectivity index (χ0v) is 19.4. The fraction of sp³-hybridized carbons (Fsp3) is 0.440. The molecule has 0 saturated heterocycles. The second-order valence-corrected chi connectivity index (χ2v) is 7.99. The van der Waals surface area contributed by atoms with Gasteiger partial charge < -0.3 is 20.1 Å². The summed E-state index contributed by atoms with van der Waals surface area (Å²) in [5, 5.41) is 5.69. The van der Waals surface area contributed by atoms with Crippen LogP contribution in [-0.2, 0) is 9.59 Å². The fourth-order valence-electron chi connectivity index (χ4n) is 2.96. The Bertz CT molecular complexity index is 837. The maximum absolute atomic E-state index is 12.3. The minimum Gasteiger partial charge on any atom is -0.481 e. The summed E-state index contributed by atoms with van der Waals surface area (Å²) >= 11 is 0. The highest BCUT2D eigenvalue weighted by atomic mass is 16.5. The first-order valence-corrected chi connectivity index (χ1v) is 10.7. The second kappa shape index (κ2) is 11.4. The molecule has 0 spiro atoms. The minimum atomic E-state index is -0.596. The van der Waals surface area contributed by atoms with Gasteiger partial charge in [0.05, 0.1) is 0 Å². The minimum absolute atomic E-state index is 0.182. The molecule has 6 heteroatoms. The zero-order chi connectivity index (χ0) is 23.0. The van der Waals surface area contributed by atoms with E-state index in [0.717, 1.165) is 22.3 Å². The molecule has 2 N–H and O–H groups in total. The van der Waals surface area contributed by atoms with E-state index in [1.807, 2.05) is 64.1 Å². The van der Waals surface area contributed by atoms with Crippen LogP contribution in [0.25, 0.3) is 0 Å². The molecule has 0 radical (unpaired) electrons. The quantitative estimate of drug-likeness (QED) is 0.567. The Labute approximate surface area is 185 Å². The Balaban J connectivity index is 1.68. The fourth-order valence-corrected chi connectivity index (χ4v) is 2.96. The largest absolute Gasteiger partial charge is 0.481 e. The molecule has 0 aliphatic carbocycles. The molecule has 0 bridgehead atoms. The van der Waals surface area contributed by atoms with E-state index in [9.17, 15) is 9.59 Å². The van der Waals surface area contributed by atoms with Gasteiger partial charge >= 0.3 is 0 Å². The van der Waals surface area contributed by atoms with Gasteiger partial charge in [-0.1, -0.05) is 24.3 Å². The van der Waals surface area contributed by atoms with Gasteiger partial charge in [-0.2, -0.15) is 0 Å². The molecule has 0 fully saturated rings. The van der Waals surface area contributed by atoms with Crippen LogP contribution in [0.2, 0.25) is 0 Å². The highest BCUT2D eigenvalue weighted by Crippen LogP contribution is 2.21. The van der Waals surface area contributed by atoms with E-state index in [1.54, 1.807) is 13.8 Å². The topological polar surface area (TPSA) is 76.7 Å². The molecule has 2 aromatic carbocycles. The lowest BCUT2D eigenvalue weighted by Crippen LogP contribution is -2.40. The van der Waals surface area contributed by atoms with E-state index < -0.39 is 12.2 Å². The Morgan fingerprint density at radius 1 is 0.742 bits per heavy atom. The molecule has 2 aromatic rings. The van der Waals surface area contributed by atoms with Crippen molar-refractivity contribution in [3.63, 3.8) is 0 Å². The predicted molar refractivity (Wildman–Crippen MR) is 123 cm³/mol. The average Bonchev–Trinajstić information content (AvgIpc) is 2.72. The molecule has 0 aliphatic heterocycles. The first-order chi connectivity index (χ1) is 14.7. The summed E-state index contributed by atoms with van der Waals surface area (Å²) in [6.07, 6.45) is -0.577. The number of amides is 2. The monoisotopic (exact) mass is 426 g/mol. The lowest BCUT2D eigenvalue weighted by atomic mass is 10.1.